The number of phenols is 1. The average Bonchev–Trinajstić information content (AvgIpc) is 2.20. The number of ether oxygens (including phenoxy) is 2. The minimum atomic E-state index is -0.566. The molecule has 0 spiro atoms. The van der Waals surface area contributed by atoms with Gasteiger partial charge in [0.2, 0.25) is 5.79 Å². The summed E-state index contributed by atoms with van der Waals surface area (Å²) < 4.78 is 11.2. The van der Waals surface area contributed by atoms with Gasteiger partial charge in [-0.25, -0.2) is 0 Å². The Morgan fingerprint density at radius 2 is 2.27 bits per heavy atom. The van der Waals surface area contributed by atoms with Crippen LogP contribution in [0.2, 0.25) is 0 Å². The molecule has 2 rings (SSSR count). The van der Waals surface area contributed by atoms with E-state index in [2.05, 4.69) is 6.92 Å². The minimum absolute atomic E-state index is 0.261. The van der Waals surface area contributed by atoms with Crippen molar-refractivity contribution in [1.29, 1.82) is 0 Å². The molecule has 3 heteroatoms. The first-order chi connectivity index (χ1) is 7.05. The Hall–Kier alpha value is -1.22. The molecule has 1 aliphatic rings. The van der Waals surface area contributed by atoms with Crippen LogP contribution in [-0.4, -0.2) is 18.0 Å². The molecular formula is C12H16O3. The van der Waals surface area contributed by atoms with E-state index >= 15 is 0 Å². The van der Waals surface area contributed by atoms with Crippen molar-refractivity contribution in [2.45, 2.75) is 26.1 Å². The molecule has 0 saturated heterocycles. The van der Waals surface area contributed by atoms with Crippen molar-refractivity contribution < 1.29 is 14.6 Å². The van der Waals surface area contributed by atoms with Crippen molar-refractivity contribution in [2.75, 3.05) is 7.11 Å². The Morgan fingerprint density at radius 1 is 1.53 bits per heavy atom. The van der Waals surface area contributed by atoms with Gasteiger partial charge in [0, 0.05) is 20.0 Å². The second-order valence-electron chi connectivity index (χ2n) is 4.22. The summed E-state index contributed by atoms with van der Waals surface area (Å²) in [5, 5.41) is 9.37. The van der Waals surface area contributed by atoms with Crippen LogP contribution in [-0.2, 0) is 11.2 Å². The van der Waals surface area contributed by atoms with Gasteiger partial charge in [0.05, 0.1) is 0 Å². The van der Waals surface area contributed by atoms with Crippen molar-refractivity contribution in [1.82, 2.24) is 0 Å². The van der Waals surface area contributed by atoms with Crippen molar-refractivity contribution in [3.8, 4) is 11.5 Å². The topological polar surface area (TPSA) is 38.7 Å². The summed E-state index contributed by atoms with van der Waals surface area (Å²) in [6, 6.07) is 5.17. The zero-order chi connectivity index (χ0) is 11.1. The molecule has 0 fully saturated rings. The lowest BCUT2D eigenvalue weighted by atomic mass is 9.90. The molecule has 15 heavy (non-hydrogen) atoms. The van der Waals surface area contributed by atoms with Crippen LogP contribution in [0.4, 0.5) is 0 Å². The smallest absolute Gasteiger partial charge is 0.210 e. The van der Waals surface area contributed by atoms with Crippen LogP contribution in [0.1, 0.15) is 19.4 Å². The van der Waals surface area contributed by atoms with Crippen LogP contribution in [0.15, 0.2) is 18.2 Å². The standard InChI is InChI=1S/C12H16O3/c1-8-6-9-7-10(13)4-5-11(9)15-12(8,2)14-3/h4-5,7-8,13H,6H2,1-3H3. The van der Waals surface area contributed by atoms with Gasteiger partial charge < -0.3 is 14.6 Å². The Balaban J connectivity index is 2.38. The maximum absolute atomic E-state index is 9.37. The lowest BCUT2D eigenvalue weighted by Crippen LogP contribution is -2.45. The van der Waals surface area contributed by atoms with Crippen LogP contribution >= 0.6 is 0 Å². The maximum atomic E-state index is 9.37. The quantitative estimate of drug-likeness (QED) is 0.769. The van der Waals surface area contributed by atoms with Crippen molar-refractivity contribution in [2.24, 2.45) is 5.92 Å². The zero-order valence-corrected chi connectivity index (χ0v) is 9.28. The SMILES string of the molecule is COC1(C)Oc2ccc(O)cc2CC1C. The Labute approximate surface area is 89.6 Å². The molecule has 2 unspecified atom stereocenters. The van der Waals surface area contributed by atoms with Crippen LogP contribution in [0.25, 0.3) is 0 Å². The van der Waals surface area contributed by atoms with E-state index in [1.54, 1.807) is 25.3 Å². The summed E-state index contributed by atoms with van der Waals surface area (Å²) in [5.41, 5.74) is 1.04. The summed E-state index contributed by atoms with van der Waals surface area (Å²) in [6.07, 6.45) is 0.855. The van der Waals surface area contributed by atoms with E-state index < -0.39 is 5.79 Å². The van der Waals surface area contributed by atoms with Gasteiger partial charge in [-0.3, -0.25) is 0 Å². The number of benzene rings is 1. The maximum Gasteiger partial charge on any atom is 0.210 e. The number of aromatic hydroxyl groups is 1. The molecule has 3 nitrogen and oxygen atoms in total. The third kappa shape index (κ3) is 1.67. The molecular weight excluding hydrogens is 192 g/mol. The third-order valence-electron chi connectivity index (χ3n) is 3.18. The predicted octanol–water partition coefficient (Wildman–Crippen LogP) is 2.33. The molecule has 0 amide bonds. The molecule has 0 bridgehead atoms. The summed E-state index contributed by atoms with van der Waals surface area (Å²) >= 11 is 0. The van der Waals surface area contributed by atoms with E-state index in [0.29, 0.717) is 0 Å². The molecule has 1 aliphatic heterocycles. The number of rotatable bonds is 1. The second-order valence-corrected chi connectivity index (χ2v) is 4.22. The summed E-state index contributed by atoms with van der Waals surface area (Å²) in [5.74, 6) is 0.780. The molecule has 0 radical (unpaired) electrons. The number of hydrogen-bond donors (Lipinski definition) is 1. The molecule has 1 heterocycles. The van der Waals surface area contributed by atoms with Crippen molar-refractivity contribution >= 4 is 0 Å². The highest BCUT2D eigenvalue weighted by molar-refractivity contribution is 5.41. The number of phenolic OH excluding ortho intramolecular Hbond substituents is 1. The van der Waals surface area contributed by atoms with E-state index in [-0.39, 0.29) is 11.7 Å². The normalized spacial score (nSPS) is 29.4. The van der Waals surface area contributed by atoms with Crippen molar-refractivity contribution in [3.05, 3.63) is 23.8 Å². The van der Waals surface area contributed by atoms with Gasteiger partial charge in [0.25, 0.3) is 0 Å². The van der Waals surface area contributed by atoms with Gasteiger partial charge in [-0.1, -0.05) is 6.92 Å². The molecule has 2 atom stereocenters. The molecule has 1 aromatic rings. The summed E-state index contributed by atoms with van der Waals surface area (Å²) in [6.45, 7) is 4.02. The molecule has 1 N–H and O–H groups in total. The van der Waals surface area contributed by atoms with Gasteiger partial charge in [-0.05, 0) is 30.2 Å². The van der Waals surface area contributed by atoms with Gasteiger partial charge in [0.1, 0.15) is 11.5 Å². The predicted molar refractivity (Wildman–Crippen MR) is 57.0 cm³/mol. The number of hydrogen-bond acceptors (Lipinski definition) is 3. The number of fused-ring (bicyclic) bond motifs is 1. The summed E-state index contributed by atoms with van der Waals surface area (Å²) in [4.78, 5) is 0. The van der Waals surface area contributed by atoms with Crippen LogP contribution in [0, 0.1) is 5.92 Å². The fraction of sp³-hybridized carbons (Fsp3) is 0.500. The van der Waals surface area contributed by atoms with E-state index in [0.717, 1.165) is 17.7 Å². The van der Waals surface area contributed by atoms with Crippen LogP contribution in [0.5, 0.6) is 11.5 Å². The van der Waals surface area contributed by atoms with Gasteiger partial charge in [-0.15, -0.1) is 0 Å². The van der Waals surface area contributed by atoms with Crippen molar-refractivity contribution in [3.63, 3.8) is 0 Å². The van der Waals surface area contributed by atoms with E-state index in [1.165, 1.54) is 0 Å². The monoisotopic (exact) mass is 208 g/mol. The van der Waals surface area contributed by atoms with Gasteiger partial charge in [0.15, 0.2) is 0 Å². The highest BCUT2D eigenvalue weighted by atomic mass is 16.7. The van der Waals surface area contributed by atoms with Crippen LogP contribution in [0.3, 0.4) is 0 Å². The summed E-state index contributed by atoms with van der Waals surface area (Å²) in [7, 11) is 1.65. The lowest BCUT2D eigenvalue weighted by molar-refractivity contribution is -0.190. The molecule has 0 aromatic heterocycles. The first-order valence-electron chi connectivity index (χ1n) is 5.11. The molecule has 0 saturated carbocycles. The van der Waals surface area contributed by atoms with Crippen LogP contribution < -0.4 is 4.74 Å². The third-order valence-corrected chi connectivity index (χ3v) is 3.18. The average molecular weight is 208 g/mol. The molecule has 82 valence electrons. The molecule has 0 aliphatic carbocycles. The van der Waals surface area contributed by atoms with E-state index in [1.807, 2.05) is 6.92 Å². The zero-order valence-electron chi connectivity index (χ0n) is 9.28. The highest BCUT2D eigenvalue weighted by Gasteiger charge is 2.38. The fourth-order valence-electron chi connectivity index (χ4n) is 1.90. The Bertz CT molecular complexity index is 375. The minimum Gasteiger partial charge on any atom is -0.508 e. The number of methoxy groups -OCH3 is 1. The Kier molecular flexibility index (Phi) is 2.35. The largest absolute Gasteiger partial charge is 0.508 e. The molecule has 1 aromatic carbocycles. The Morgan fingerprint density at radius 3 is 2.93 bits per heavy atom. The lowest BCUT2D eigenvalue weighted by Gasteiger charge is -2.39. The van der Waals surface area contributed by atoms with Gasteiger partial charge in [-0.2, -0.15) is 0 Å². The fourth-order valence-corrected chi connectivity index (χ4v) is 1.90. The first kappa shape index (κ1) is 10.3. The first-order valence-corrected chi connectivity index (χ1v) is 5.11. The van der Waals surface area contributed by atoms with Gasteiger partial charge >= 0.3 is 0 Å². The van der Waals surface area contributed by atoms with E-state index in [4.69, 9.17) is 9.47 Å². The van der Waals surface area contributed by atoms with E-state index in [9.17, 15) is 5.11 Å². The highest BCUT2D eigenvalue weighted by Crippen LogP contribution is 2.38. The second kappa shape index (κ2) is 3.42.